The van der Waals surface area contributed by atoms with Crippen LogP contribution in [0.25, 0.3) is 0 Å². The second kappa shape index (κ2) is 7.70. The van der Waals surface area contributed by atoms with Crippen molar-refractivity contribution < 1.29 is 14.6 Å². The van der Waals surface area contributed by atoms with Gasteiger partial charge in [-0.05, 0) is 39.0 Å². The van der Waals surface area contributed by atoms with Gasteiger partial charge >= 0.3 is 6.03 Å². The van der Waals surface area contributed by atoms with Gasteiger partial charge in [-0.15, -0.1) is 0 Å². The summed E-state index contributed by atoms with van der Waals surface area (Å²) in [4.78, 5) is 11.7. The largest absolute Gasteiger partial charge is 0.393 e. The van der Waals surface area contributed by atoms with Crippen LogP contribution >= 0.6 is 0 Å². The molecule has 0 saturated carbocycles. The summed E-state index contributed by atoms with van der Waals surface area (Å²) in [5.74, 6) is 0.224. The van der Waals surface area contributed by atoms with Crippen LogP contribution in [0.2, 0.25) is 0 Å². The van der Waals surface area contributed by atoms with E-state index in [2.05, 4.69) is 10.6 Å². The fourth-order valence-corrected chi connectivity index (χ4v) is 2.43. The SMILES string of the molecule is CC1CC(NC(=O)NCCC(O)C(C)C)CC(C)O1. The lowest BCUT2D eigenvalue weighted by atomic mass is 10.0. The third kappa shape index (κ3) is 6.25. The van der Waals surface area contributed by atoms with Crippen molar-refractivity contribution in [2.75, 3.05) is 6.54 Å². The molecule has 0 aromatic carbocycles. The van der Waals surface area contributed by atoms with Crippen molar-refractivity contribution in [3.63, 3.8) is 0 Å². The van der Waals surface area contributed by atoms with Gasteiger partial charge in [-0.3, -0.25) is 0 Å². The van der Waals surface area contributed by atoms with Gasteiger partial charge in [0.2, 0.25) is 0 Å². The van der Waals surface area contributed by atoms with Gasteiger partial charge in [-0.1, -0.05) is 13.8 Å². The number of rotatable bonds is 5. The van der Waals surface area contributed by atoms with Gasteiger partial charge in [0.1, 0.15) is 0 Å². The molecule has 1 heterocycles. The Morgan fingerprint density at radius 3 is 2.42 bits per heavy atom. The zero-order valence-electron chi connectivity index (χ0n) is 12.5. The van der Waals surface area contributed by atoms with Gasteiger partial charge in [-0.2, -0.15) is 0 Å². The van der Waals surface area contributed by atoms with Gasteiger partial charge in [-0.25, -0.2) is 4.79 Å². The first-order chi connectivity index (χ1) is 8.88. The predicted octanol–water partition coefficient (Wildman–Crippen LogP) is 1.65. The summed E-state index contributed by atoms with van der Waals surface area (Å²) in [7, 11) is 0. The number of amides is 2. The molecule has 3 unspecified atom stereocenters. The van der Waals surface area contributed by atoms with Crippen LogP contribution in [0.3, 0.4) is 0 Å². The van der Waals surface area contributed by atoms with Crippen LogP contribution in [0.15, 0.2) is 0 Å². The number of carbonyl (C=O) groups excluding carboxylic acids is 1. The number of urea groups is 1. The highest BCUT2D eigenvalue weighted by Gasteiger charge is 2.25. The van der Waals surface area contributed by atoms with Crippen molar-refractivity contribution in [1.82, 2.24) is 10.6 Å². The minimum absolute atomic E-state index is 0.151. The Morgan fingerprint density at radius 1 is 1.32 bits per heavy atom. The van der Waals surface area contributed by atoms with E-state index >= 15 is 0 Å². The summed E-state index contributed by atoms with van der Waals surface area (Å²) in [5.41, 5.74) is 0. The molecule has 1 aliphatic rings. The summed E-state index contributed by atoms with van der Waals surface area (Å²) in [5, 5.41) is 15.4. The van der Waals surface area contributed by atoms with Crippen LogP contribution in [-0.2, 0) is 4.74 Å². The van der Waals surface area contributed by atoms with Crippen LogP contribution in [-0.4, -0.2) is 42.0 Å². The molecule has 3 atom stereocenters. The van der Waals surface area contributed by atoms with E-state index in [1.54, 1.807) is 0 Å². The second-order valence-electron chi connectivity index (χ2n) is 5.93. The maximum absolute atomic E-state index is 11.7. The molecule has 1 aliphatic heterocycles. The van der Waals surface area contributed by atoms with Crippen molar-refractivity contribution in [3.05, 3.63) is 0 Å². The summed E-state index contributed by atoms with van der Waals surface area (Å²) < 4.78 is 5.63. The maximum Gasteiger partial charge on any atom is 0.315 e. The monoisotopic (exact) mass is 272 g/mol. The zero-order valence-corrected chi connectivity index (χ0v) is 12.5. The highest BCUT2D eigenvalue weighted by molar-refractivity contribution is 5.74. The van der Waals surface area contributed by atoms with E-state index in [4.69, 9.17) is 4.74 Å². The third-order valence-electron chi connectivity index (χ3n) is 3.53. The topological polar surface area (TPSA) is 70.6 Å². The third-order valence-corrected chi connectivity index (χ3v) is 3.53. The highest BCUT2D eigenvalue weighted by Crippen LogP contribution is 2.18. The normalized spacial score (nSPS) is 29.1. The minimum atomic E-state index is -0.358. The molecule has 1 saturated heterocycles. The van der Waals surface area contributed by atoms with Gasteiger partial charge in [0.05, 0.1) is 18.3 Å². The molecule has 2 amide bonds. The van der Waals surface area contributed by atoms with Gasteiger partial charge in [0, 0.05) is 12.6 Å². The summed E-state index contributed by atoms with van der Waals surface area (Å²) in [6.45, 7) is 8.49. The zero-order chi connectivity index (χ0) is 14.4. The Balaban J connectivity index is 2.20. The van der Waals surface area contributed by atoms with Gasteiger partial charge < -0.3 is 20.5 Å². The Kier molecular flexibility index (Phi) is 6.58. The quantitative estimate of drug-likeness (QED) is 0.712. The number of hydrogen-bond acceptors (Lipinski definition) is 3. The van der Waals surface area contributed by atoms with E-state index in [0.717, 1.165) is 12.8 Å². The molecule has 3 N–H and O–H groups in total. The molecule has 0 bridgehead atoms. The Hall–Kier alpha value is -0.810. The Bertz CT molecular complexity index is 274. The standard InChI is InChI=1S/C14H28N2O3/c1-9(2)13(17)5-6-15-14(18)16-12-7-10(3)19-11(4)8-12/h9-13,17H,5-8H2,1-4H3,(H2,15,16,18). The summed E-state index contributed by atoms with van der Waals surface area (Å²) in [6, 6.07) is 0.0241. The molecular formula is C14H28N2O3. The van der Waals surface area contributed by atoms with Crippen LogP contribution in [0.5, 0.6) is 0 Å². The molecule has 112 valence electrons. The Morgan fingerprint density at radius 2 is 1.89 bits per heavy atom. The van der Waals surface area contributed by atoms with E-state index in [1.165, 1.54) is 0 Å². The van der Waals surface area contributed by atoms with Gasteiger partial charge in [0.15, 0.2) is 0 Å². The van der Waals surface area contributed by atoms with Crippen LogP contribution < -0.4 is 10.6 Å². The molecule has 0 aliphatic carbocycles. The van der Waals surface area contributed by atoms with Crippen molar-refractivity contribution in [2.45, 2.75) is 71.3 Å². The first-order valence-electron chi connectivity index (χ1n) is 7.26. The lowest BCUT2D eigenvalue weighted by molar-refractivity contribution is -0.0402. The van der Waals surface area contributed by atoms with E-state index < -0.39 is 0 Å². The Labute approximate surface area is 116 Å². The molecule has 5 heteroatoms. The van der Waals surface area contributed by atoms with Crippen molar-refractivity contribution in [3.8, 4) is 0 Å². The highest BCUT2D eigenvalue weighted by atomic mass is 16.5. The molecule has 1 rings (SSSR count). The number of carbonyl (C=O) groups is 1. The van der Waals surface area contributed by atoms with Crippen molar-refractivity contribution in [2.24, 2.45) is 5.92 Å². The minimum Gasteiger partial charge on any atom is -0.393 e. The number of ether oxygens (including phenoxy) is 1. The average molecular weight is 272 g/mol. The number of nitrogens with one attached hydrogen (secondary N) is 2. The molecule has 19 heavy (non-hydrogen) atoms. The van der Waals surface area contributed by atoms with E-state index in [0.29, 0.717) is 13.0 Å². The molecule has 0 radical (unpaired) electrons. The number of hydrogen-bond donors (Lipinski definition) is 3. The summed E-state index contributed by atoms with van der Waals surface area (Å²) in [6.07, 6.45) is 2.32. The average Bonchev–Trinajstić information content (AvgIpc) is 2.26. The first-order valence-corrected chi connectivity index (χ1v) is 7.26. The van der Waals surface area contributed by atoms with Crippen LogP contribution in [0, 0.1) is 5.92 Å². The molecule has 0 aromatic heterocycles. The molecule has 1 fully saturated rings. The van der Waals surface area contributed by atoms with E-state index in [9.17, 15) is 9.90 Å². The second-order valence-corrected chi connectivity index (χ2v) is 5.93. The van der Waals surface area contributed by atoms with Crippen LogP contribution in [0.1, 0.15) is 47.0 Å². The molecule has 0 spiro atoms. The van der Waals surface area contributed by atoms with Crippen LogP contribution in [0.4, 0.5) is 4.79 Å². The molecule has 0 aromatic rings. The predicted molar refractivity (Wildman–Crippen MR) is 75.0 cm³/mol. The lowest BCUT2D eigenvalue weighted by Gasteiger charge is -2.32. The smallest absolute Gasteiger partial charge is 0.315 e. The van der Waals surface area contributed by atoms with Crippen molar-refractivity contribution >= 4 is 6.03 Å². The number of aliphatic hydroxyl groups excluding tert-OH is 1. The fourth-order valence-electron chi connectivity index (χ4n) is 2.43. The maximum atomic E-state index is 11.7. The summed E-state index contributed by atoms with van der Waals surface area (Å²) >= 11 is 0. The number of aliphatic hydroxyl groups is 1. The van der Waals surface area contributed by atoms with E-state index in [-0.39, 0.29) is 36.3 Å². The van der Waals surface area contributed by atoms with E-state index in [1.807, 2.05) is 27.7 Å². The first kappa shape index (κ1) is 16.2. The molecule has 5 nitrogen and oxygen atoms in total. The fraction of sp³-hybridized carbons (Fsp3) is 0.929. The lowest BCUT2D eigenvalue weighted by Crippen LogP contribution is -2.48. The van der Waals surface area contributed by atoms with Crippen molar-refractivity contribution in [1.29, 1.82) is 0 Å². The van der Waals surface area contributed by atoms with Gasteiger partial charge in [0.25, 0.3) is 0 Å². The molecular weight excluding hydrogens is 244 g/mol.